The zero-order valence-electron chi connectivity index (χ0n) is 9.69. The van der Waals surface area contributed by atoms with Gasteiger partial charge in [0.2, 0.25) is 0 Å². The Morgan fingerprint density at radius 3 is 2.69 bits per heavy atom. The summed E-state index contributed by atoms with van der Waals surface area (Å²) in [5.41, 5.74) is 0.516. The number of ether oxygens (including phenoxy) is 1. The summed E-state index contributed by atoms with van der Waals surface area (Å²) in [7, 11) is 3.08. The molecule has 1 unspecified atom stereocenters. The van der Waals surface area contributed by atoms with Crippen molar-refractivity contribution < 1.29 is 14.3 Å². The van der Waals surface area contributed by atoms with Crippen molar-refractivity contribution in [3.8, 4) is 0 Å². The quantitative estimate of drug-likeness (QED) is 0.766. The van der Waals surface area contributed by atoms with Gasteiger partial charge in [-0.15, -0.1) is 0 Å². The number of hydrogen-bond donors (Lipinski definition) is 1. The van der Waals surface area contributed by atoms with Crippen LogP contribution < -0.4 is 5.32 Å². The van der Waals surface area contributed by atoms with Gasteiger partial charge in [0.25, 0.3) is 5.91 Å². The first-order chi connectivity index (χ1) is 7.60. The number of carbonyl (C=O) groups excluding carboxylic acids is 2. The Balaban J connectivity index is 2.70. The summed E-state index contributed by atoms with van der Waals surface area (Å²) in [6.07, 6.45) is 2.27. The lowest BCUT2D eigenvalue weighted by Crippen LogP contribution is -2.41. The predicted octanol–water partition coefficient (Wildman–Crippen LogP) is 0.706. The minimum Gasteiger partial charge on any atom is -0.467 e. The first kappa shape index (κ1) is 12.3. The van der Waals surface area contributed by atoms with Gasteiger partial charge in [-0.25, -0.2) is 4.79 Å². The normalized spacial score (nSPS) is 11.9. The number of aryl methyl sites for hydroxylation is 1. The van der Waals surface area contributed by atoms with Crippen molar-refractivity contribution in [1.29, 1.82) is 0 Å². The van der Waals surface area contributed by atoms with E-state index in [1.165, 1.54) is 7.11 Å². The number of rotatable bonds is 4. The average Bonchev–Trinajstić information content (AvgIpc) is 2.71. The summed E-state index contributed by atoms with van der Waals surface area (Å²) in [4.78, 5) is 23.1. The molecule has 1 aromatic rings. The van der Waals surface area contributed by atoms with Crippen molar-refractivity contribution >= 4 is 11.9 Å². The van der Waals surface area contributed by atoms with Gasteiger partial charge < -0.3 is 14.6 Å². The lowest BCUT2D eigenvalue weighted by atomic mass is 10.2. The highest BCUT2D eigenvalue weighted by atomic mass is 16.5. The number of methoxy groups -OCH3 is 1. The molecule has 1 atom stereocenters. The number of nitrogens with zero attached hydrogens (tertiary/aromatic N) is 1. The molecule has 0 saturated heterocycles. The molecule has 0 aliphatic rings. The summed E-state index contributed by atoms with van der Waals surface area (Å²) in [6, 6.07) is 2.88. The van der Waals surface area contributed by atoms with E-state index >= 15 is 0 Å². The molecular formula is C11H16N2O3. The third kappa shape index (κ3) is 2.62. The smallest absolute Gasteiger partial charge is 0.328 e. The highest BCUT2D eigenvalue weighted by Gasteiger charge is 2.20. The third-order valence-corrected chi connectivity index (χ3v) is 2.38. The minimum atomic E-state index is -0.590. The largest absolute Gasteiger partial charge is 0.467 e. The van der Waals surface area contributed by atoms with Crippen LogP contribution in [0.2, 0.25) is 0 Å². The molecule has 88 valence electrons. The Morgan fingerprint density at radius 2 is 2.25 bits per heavy atom. The van der Waals surface area contributed by atoms with Gasteiger partial charge in [-0.3, -0.25) is 4.79 Å². The zero-order chi connectivity index (χ0) is 12.1. The van der Waals surface area contributed by atoms with Crippen molar-refractivity contribution in [1.82, 2.24) is 9.88 Å². The van der Waals surface area contributed by atoms with E-state index in [1.807, 2.05) is 6.92 Å². The Kier molecular flexibility index (Phi) is 4.10. The Labute approximate surface area is 94.4 Å². The van der Waals surface area contributed by atoms with Crippen LogP contribution in [-0.4, -0.2) is 29.6 Å². The van der Waals surface area contributed by atoms with Crippen LogP contribution in [0, 0.1) is 0 Å². The molecule has 0 spiro atoms. The summed E-state index contributed by atoms with van der Waals surface area (Å²) < 4.78 is 6.29. The van der Waals surface area contributed by atoms with E-state index in [4.69, 9.17) is 0 Å². The minimum absolute atomic E-state index is 0.273. The standard InChI is InChI=1S/C11H16N2O3/c1-4-8(11(15)16-3)12-10(14)9-6-5-7-13(9)2/h5-8H,4H2,1-3H3,(H,12,14). The molecule has 0 fully saturated rings. The Bertz CT molecular complexity index is 384. The van der Waals surface area contributed by atoms with Crippen molar-refractivity contribution in [2.24, 2.45) is 7.05 Å². The van der Waals surface area contributed by atoms with E-state index in [2.05, 4.69) is 10.1 Å². The topological polar surface area (TPSA) is 60.3 Å². The van der Waals surface area contributed by atoms with Crippen LogP contribution in [0.15, 0.2) is 18.3 Å². The lowest BCUT2D eigenvalue weighted by Gasteiger charge is -2.14. The fourth-order valence-corrected chi connectivity index (χ4v) is 1.40. The molecule has 16 heavy (non-hydrogen) atoms. The number of esters is 1. The van der Waals surface area contributed by atoms with Gasteiger partial charge in [-0.2, -0.15) is 0 Å². The molecule has 1 N–H and O–H groups in total. The van der Waals surface area contributed by atoms with Crippen molar-refractivity contribution in [3.63, 3.8) is 0 Å². The van der Waals surface area contributed by atoms with Crippen molar-refractivity contribution in [3.05, 3.63) is 24.0 Å². The molecule has 0 aromatic carbocycles. The van der Waals surface area contributed by atoms with Gasteiger partial charge in [0.15, 0.2) is 0 Å². The van der Waals surface area contributed by atoms with Gasteiger partial charge in [-0.1, -0.05) is 6.92 Å². The van der Waals surface area contributed by atoms with Crippen LogP contribution in [0.5, 0.6) is 0 Å². The molecule has 0 aliphatic carbocycles. The van der Waals surface area contributed by atoms with Gasteiger partial charge in [0.05, 0.1) is 7.11 Å². The number of carbonyl (C=O) groups is 2. The summed E-state index contributed by atoms with van der Waals surface area (Å²) >= 11 is 0. The zero-order valence-corrected chi connectivity index (χ0v) is 9.69. The number of amides is 1. The Morgan fingerprint density at radius 1 is 1.56 bits per heavy atom. The second-order valence-corrected chi connectivity index (χ2v) is 3.46. The molecule has 5 nitrogen and oxygen atoms in total. The maximum atomic E-state index is 11.8. The van der Waals surface area contributed by atoms with Crippen molar-refractivity contribution in [2.45, 2.75) is 19.4 Å². The van der Waals surface area contributed by atoms with E-state index in [9.17, 15) is 9.59 Å². The van der Waals surface area contributed by atoms with E-state index in [-0.39, 0.29) is 5.91 Å². The maximum Gasteiger partial charge on any atom is 0.328 e. The molecule has 0 radical (unpaired) electrons. The number of aromatic nitrogens is 1. The fraction of sp³-hybridized carbons (Fsp3) is 0.455. The average molecular weight is 224 g/mol. The van der Waals surface area contributed by atoms with Crippen LogP contribution >= 0.6 is 0 Å². The monoisotopic (exact) mass is 224 g/mol. The van der Waals surface area contributed by atoms with E-state index in [1.54, 1.807) is 29.9 Å². The molecule has 1 rings (SSSR count). The molecule has 0 bridgehead atoms. The van der Waals surface area contributed by atoms with Crippen LogP contribution in [-0.2, 0) is 16.6 Å². The first-order valence-corrected chi connectivity index (χ1v) is 5.10. The SMILES string of the molecule is CCC(NC(=O)c1cccn1C)C(=O)OC. The molecule has 1 amide bonds. The second kappa shape index (κ2) is 5.34. The number of hydrogen-bond acceptors (Lipinski definition) is 3. The van der Waals surface area contributed by atoms with Gasteiger partial charge in [0, 0.05) is 13.2 Å². The number of nitrogens with one attached hydrogen (secondary N) is 1. The molecule has 0 aliphatic heterocycles. The van der Waals surface area contributed by atoms with Crippen LogP contribution in [0.25, 0.3) is 0 Å². The van der Waals surface area contributed by atoms with Gasteiger partial charge >= 0.3 is 5.97 Å². The summed E-state index contributed by atoms with van der Waals surface area (Å²) in [5.74, 6) is -0.699. The van der Waals surface area contributed by atoms with Gasteiger partial charge in [-0.05, 0) is 18.6 Å². The lowest BCUT2D eigenvalue weighted by molar-refractivity contribution is -0.142. The van der Waals surface area contributed by atoms with E-state index < -0.39 is 12.0 Å². The molecule has 1 heterocycles. The van der Waals surface area contributed by atoms with E-state index in [0.29, 0.717) is 12.1 Å². The third-order valence-electron chi connectivity index (χ3n) is 2.38. The Hall–Kier alpha value is -1.78. The van der Waals surface area contributed by atoms with Crippen molar-refractivity contribution in [2.75, 3.05) is 7.11 Å². The second-order valence-electron chi connectivity index (χ2n) is 3.46. The summed E-state index contributed by atoms with van der Waals surface area (Å²) in [5, 5.41) is 2.63. The van der Waals surface area contributed by atoms with Crippen LogP contribution in [0.1, 0.15) is 23.8 Å². The molecule has 1 aromatic heterocycles. The summed E-state index contributed by atoms with van der Waals surface area (Å²) in [6.45, 7) is 1.81. The highest BCUT2D eigenvalue weighted by molar-refractivity contribution is 5.95. The van der Waals surface area contributed by atoms with Gasteiger partial charge in [0.1, 0.15) is 11.7 Å². The maximum absolute atomic E-state index is 11.8. The van der Waals surface area contributed by atoms with Crippen LogP contribution in [0.4, 0.5) is 0 Å². The fourth-order valence-electron chi connectivity index (χ4n) is 1.40. The molecule has 0 saturated carbocycles. The molecule has 5 heteroatoms. The first-order valence-electron chi connectivity index (χ1n) is 5.10. The predicted molar refractivity (Wildman–Crippen MR) is 59.0 cm³/mol. The molecular weight excluding hydrogens is 208 g/mol. The van der Waals surface area contributed by atoms with Crippen LogP contribution in [0.3, 0.4) is 0 Å². The van der Waals surface area contributed by atoms with E-state index in [0.717, 1.165) is 0 Å². The highest BCUT2D eigenvalue weighted by Crippen LogP contribution is 2.02.